The van der Waals surface area contributed by atoms with Crippen molar-refractivity contribution >= 4 is 18.2 Å². The van der Waals surface area contributed by atoms with Gasteiger partial charge in [-0.1, -0.05) is 71.1 Å². The van der Waals surface area contributed by atoms with E-state index in [0.29, 0.717) is 18.3 Å². The van der Waals surface area contributed by atoms with Crippen molar-refractivity contribution in [3.63, 3.8) is 0 Å². The molecule has 0 amide bonds. The Morgan fingerprint density at radius 3 is 2.20 bits per heavy atom. The average Bonchev–Trinajstić information content (AvgIpc) is 3.05. The SMILES string of the molecule is CCCCCCCCCCCCC(NC(C[C@H](N)C=O)C(=O)O)C1=CC(=O)OC1O. The highest BCUT2D eigenvalue weighted by molar-refractivity contribution is 5.86. The second kappa shape index (κ2) is 15.1. The number of carboxylic acid groups (broad SMARTS) is 1. The molecular formula is C22H38N2O6. The summed E-state index contributed by atoms with van der Waals surface area (Å²) < 4.78 is 4.75. The maximum atomic E-state index is 11.6. The number of rotatable bonds is 18. The minimum Gasteiger partial charge on any atom is -0.480 e. The molecule has 0 bridgehead atoms. The molecule has 8 heteroatoms. The standard InChI is InChI=1S/C22H38N2O6/c1-2-3-4-5-6-7-8-9-10-11-12-18(17-14-20(26)30-22(17)29)24-19(21(27)28)13-16(23)15-25/h14-16,18-19,22,24,29H,2-13,23H2,1H3,(H,27,28)/t16-,18?,19?,22?/m0/s1. The number of ether oxygens (including phenoxy) is 1. The molecule has 0 saturated heterocycles. The number of aliphatic carboxylic acids is 1. The molecule has 1 aliphatic heterocycles. The maximum absolute atomic E-state index is 11.6. The number of carbonyl (C=O) groups is 3. The van der Waals surface area contributed by atoms with Gasteiger partial charge < -0.3 is 25.5 Å². The number of nitrogens with two attached hydrogens (primary N) is 1. The van der Waals surface area contributed by atoms with Crippen LogP contribution >= 0.6 is 0 Å². The molecule has 1 aliphatic rings. The number of carboxylic acids is 1. The molecule has 0 fully saturated rings. The normalized spacial score (nSPS) is 19.1. The van der Waals surface area contributed by atoms with Gasteiger partial charge in [0.25, 0.3) is 0 Å². The highest BCUT2D eigenvalue weighted by Crippen LogP contribution is 2.22. The van der Waals surface area contributed by atoms with Crippen LogP contribution in [0.15, 0.2) is 11.6 Å². The van der Waals surface area contributed by atoms with Crippen LogP contribution in [0.3, 0.4) is 0 Å². The number of hydrogen-bond donors (Lipinski definition) is 4. The summed E-state index contributed by atoms with van der Waals surface area (Å²) in [4.78, 5) is 33.9. The van der Waals surface area contributed by atoms with Crippen molar-refractivity contribution in [1.29, 1.82) is 0 Å². The molecule has 0 aliphatic carbocycles. The summed E-state index contributed by atoms with van der Waals surface area (Å²) in [5.74, 6) is -1.79. The van der Waals surface area contributed by atoms with Crippen LogP contribution in [0, 0.1) is 0 Å². The number of aliphatic hydroxyl groups excluding tert-OH is 1. The lowest BCUT2D eigenvalue weighted by Gasteiger charge is -2.26. The fourth-order valence-corrected chi connectivity index (χ4v) is 3.68. The summed E-state index contributed by atoms with van der Waals surface area (Å²) in [7, 11) is 0. The Bertz CT molecular complexity index is 566. The molecule has 172 valence electrons. The van der Waals surface area contributed by atoms with Crippen LogP contribution in [0.1, 0.15) is 84.0 Å². The Hall–Kier alpha value is -1.77. The molecule has 0 aromatic heterocycles. The van der Waals surface area contributed by atoms with Crippen molar-refractivity contribution in [3.05, 3.63) is 11.6 Å². The Morgan fingerprint density at radius 1 is 1.17 bits per heavy atom. The topological polar surface area (TPSA) is 139 Å². The number of unbranched alkanes of at least 4 members (excludes halogenated alkanes) is 9. The summed E-state index contributed by atoms with van der Waals surface area (Å²) in [6.07, 6.45) is 12.5. The van der Waals surface area contributed by atoms with Crippen molar-refractivity contribution in [3.8, 4) is 0 Å². The van der Waals surface area contributed by atoms with Crippen LogP contribution in [0.2, 0.25) is 0 Å². The fraction of sp³-hybridized carbons (Fsp3) is 0.773. The maximum Gasteiger partial charge on any atom is 0.333 e. The van der Waals surface area contributed by atoms with E-state index in [-0.39, 0.29) is 6.42 Å². The molecule has 30 heavy (non-hydrogen) atoms. The number of aliphatic hydroxyl groups is 1. The van der Waals surface area contributed by atoms with Crippen LogP contribution in [0.4, 0.5) is 0 Å². The zero-order valence-electron chi connectivity index (χ0n) is 18.1. The van der Waals surface area contributed by atoms with Gasteiger partial charge in [0, 0.05) is 17.7 Å². The summed E-state index contributed by atoms with van der Waals surface area (Å²) in [5.41, 5.74) is 5.90. The number of cyclic esters (lactones) is 1. The molecule has 1 heterocycles. The lowest BCUT2D eigenvalue weighted by molar-refractivity contribution is -0.151. The van der Waals surface area contributed by atoms with Crippen LogP contribution in [0.5, 0.6) is 0 Å². The number of nitrogens with one attached hydrogen (secondary N) is 1. The largest absolute Gasteiger partial charge is 0.480 e. The third-order valence-electron chi connectivity index (χ3n) is 5.43. The van der Waals surface area contributed by atoms with Crippen molar-refractivity contribution in [2.24, 2.45) is 5.73 Å². The van der Waals surface area contributed by atoms with Crippen LogP contribution in [-0.4, -0.2) is 52.9 Å². The van der Waals surface area contributed by atoms with Gasteiger partial charge in [-0.25, -0.2) is 4.79 Å². The van der Waals surface area contributed by atoms with E-state index in [4.69, 9.17) is 10.5 Å². The van der Waals surface area contributed by atoms with Gasteiger partial charge in [0.15, 0.2) is 0 Å². The predicted octanol–water partition coefficient (Wildman–Crippen LogP) is 2.43. The highest BCUT2D eigenvalue weighted by Gasteiger charge is 2.33. The van der Waals surface area contributed by atoms with Crippen molar-refractivity contribution in [1.82, 2.24) is 5.32 Å². The number of esters is 1. The average molecular weight is 427 g/mol. The van der Waals surface area contributed by atoms with E-state index in [1.807, 2.05) is 0 Å². The third-order valence-corrected chi connectivity index (χ3v) is 5.43. The summed E-state index contributed by atoms with van der Waals surface area (Å²) in [5, 5.41) is 22.4. The van der Waals surface area contributed by atoms with Gasteiger partial charge in [-0.2, -0.15) is 0 Å². The molecule has 8 nitrogen and oxygen atoms in total. The monoisotopic (exact) mass is 426 g/mol. The Labute approximate surface area is 179 Å². The van der Waals surface area contributed by atoms with Crippen LogP contribution < -0.4 is 11.1 Å². The van der Waals surface area contributed by atoms with Gasteiger partial charge in [0.05, 0.1) is 6.04 Å². The zero-order valence-corrected chi connectivity index (χ0v) is 18.1. The minimum atomic E-state index is -1.38. The quantitative estimate of drug-likeness (QED) is 0.149. The summed E-state index contributed by atoms with van der Waals surface area (Å²) in [6, 6.07) is -2.51. The third kappa shape index (κ3) is 10.3. The minimum absolute atomic E-state index is 0.0778. The number of hydrogen-bond acceptors (Lipinski definition) is 7. The van der Waals surface area contributed by atoms with Crippen LogP contribution in [-0.2, 0) is 19.1 Å². The van der Waals surface area contributed by atoms with E-state index in [0.717, 1.165) is 19.3 Å². The first-order chi connectivity index (χ1) is 14.4. The first-order valence-corrected chi connectivity index (χ1v) is 11.2. The Morgan fingerprint density at radius 2 is 1.73 bits per heavy atom. The van der Waals surface area contributed by atoms with Crippen molar-refractivity contribution in [2.75, 3.05) is 0 Å². The van der Waals surface area contributed by atoms with E-state index in [2.05, 4.69) is 12.2 Å². The van der Waals surface area contributed by atoms with Gasteiger partial charge >= 0.3 is 11.9 Å². The van der Waals surface area contributed by atoms with Crippen LogP contribution in [0.25, 0.3) is 0 Å². The lowest BCUT2D eigenvalue weighted by atomic mass is 9.97. The first kappa shape index (κ1) is 26.3. The molecular weight excluding hydrogens is 388 g/mol. The van der Waals surface area contributed by atoms with E-state index >= 15 is 0 Å². The van der Waals surface area contributed by atoms with E-state index < -0.39 is 36.4 Å². The van der Waals surface area contributed by atoms with E-state index in [1.165, 1.54) is 51.0 Å². The van der Waals surface area contributed by atoms with Gasteiger partial charge in [-0.3, -0.25) is 10.1 Å². The molecule has 5 N–H and O–H groups in total. The number of aldehydes is 1. The summed E-state index contributed by atoms with van der Waals surface area (Å²) >= 11 is 0. The molecule has 4 atom stereocenters. The van der Waals surface area contributed by atoms with Gasteiger partial charge in [0.1, 0.15) is 12.3 Å². The molecule has 0 aromatic carbocycles. The zero-order chi connectivity index (χ0) is 22.4. The lowest BCUT2D eigenvalue weighted by Crippen LogP contribution is -2.48. The van der Waals surface area contributed by atoms with E-state index in [9.17, 15) is 24.6 Å². The Balaban J connectivity index is 2.51. The summed E-state index contributed by atoms with van der Waals surface area (Å²) in [6.45, 7) is 2.21. The van der Waals surface area contributed by atoms with Crippen molar-refractivity contribution < 1.29 is 29.3 Å². The molecule has 0 saturated carbocycles. The van der Waals surface area contributed by atoms with Gasteiger partial charge in [-0.15, -0.1) is 0 Å². The second-order valence-corrected chi connectivity index (χ2v) is 8.05. The van der Waals surface area contributed by atoms with E-state index in [1.54, 1.807) is 0 Å². The molecule has 0 radical (unpaired) electrons. The molecule has 0 spiro atoms. The fourth-order valence-electron chi connectivity index (χ4n) is 3.68. The van der Waals surface area contributed by atoms with Gasteiger partial charge in [-0.05, 0) is 12.8 Å². The molecule has 1 rings (SSSR count). The predicted molar refractivity (Wildman–Crippen MR) is 114 cm³/mol. The number of carbonyl (C=O) groups excluding carboxylic acids is 2. The smallest absolute Gasteiger partial charge is 0.333 e. The Kier molecular flexibility index (Phi) is 13.2. The molecule has 0 aromatic rings. The first-order valence-electron chi connectivity index (χ1n) is 11.2. The van der Waals surface area contributed by atoms with Gasteiger partial charge in [0.2, 0.25) is 6.29 Å². The second-order valence-electron chi connectivity index (χ2n) is 8.05. The highest BCUT2D eigenvalue weighted by atomic mass is 16.6. The molecule has 3 unspecified atom stereocenters. The van der Waals surface area contributed by atoms with Crippen molar-refractivity contribution in [2.45, 2.75) is 108 Å².